The van der Waals surface area contributed by atoms with Crippen molar-refractivity contribution in [1.29, 1.82) is 0 Å². The molecule has 0 amide bonds. The van der Waals surface area contributed by atoms with Gasteiger partial charge in [-0.3, -0.25) is 0 Å². The third-order valence-corrected chi connectivity index (χ3v) is 3.57. The summed E-state index contributed by atoms with van der Waals surface area (Å²) in [6.45, 7) is 6.33. The van der Waals surface area contributed by atoms with Crippen molar-refractivity contribution in [3.63, 3.8) is 0 Å². The van der Waals surface area contributed by atoms with Crippen LogP contribution in [0.3, 0.4) is 0 Å². The molecule has 0 N–H and O–H groups in total. The Morgan fingerprint density at radius 1 is 1.05 bits per heavy atom. The number of furan rings is 1. The Bertz CT molecular complexity index is 780. The van der Waals surface area contributed by atoms with Gasteiger partial charge in [0.25, 0.3) is 0 Å². The molecule has 1 aromatic carbocycles. The quantitative estimate of drug-likeness (QED) is 0.636. The number of hydrogen-bond acceptors (Lipinski definition) is 2. The largest absolute Gasteiger partial charge is 0.447 e. The highest BCUT2D eigenvalue weighted by molar-refractivity contribution is 5.83. The lowest BCUT2D eigenvalue weighted by Crippen LogP contribution is -1.99. The molecule has 0 unspecified atom stereocenters. The van der Waals surface area contributed by atoms with Crippen molar-refractivity contribution in [2.75, 3.05) is 0 Å². The highest BCUT2D eigenvalue weighted by Crippen LogP contribution is 2.21. The predicted octanol–water partition coefficient (Wildman–Crippen LogP) is 4.75. The van der Waals surface area contributed by atoms with E-state index in [9.17, 15) is 0 Å². The molecule has 0 atom stereocenters. The molecule has 0 radical (unpaired) electrons. The molecule has 21 heavy (non-hydrogen) atoms. The first-order valence-corrected chi connectivity index (χ1v) is 6.99. The summed E-state index contributed by atoms with van der Waals surface area (Å²) in [6.07, 6.45) is 3.48. The maximum atomic E-state index is 5.23. The van der Waals surface area contributed by atoms with Crippen LogP contribution in [0.5, 0.6) is 0 Å². The standard InChI is InChI=1S/C18H18N2O/c1-13-6-4-7-17(10-13)20-14(2)11-16(15(20)3)12-19-18-8-5-9-21-18/h4-12H,1-3H3. The fourth-order valence-corrected chi connectivity index (χ4v) is 2.56. The van der Waals surface area contributed by atoms with Gasteiger partial charge >= 0.3 is 0 Å². The van der Waals surface area contributed by atoms with Crippen molar-refractivity contribution in [3.05, 3.63) is 71.2 Å². The zero-order valence-electron chi connectivity index (χ0n) is 12.5. The molecule has 0 aliphatic carbocycles. The Morgan fingerprint density at radius 3 is 2.62 bits per heavy atom. The van der Waals surface area contributed by atoms with Crippen molar-refractivity contribution in [3.8, 4) is 5.69 Å². The fraction of sp³-hybridized carbons (Fsp3) is 0.167. The summed E-state index contributed by atoms with van der Waals surface area (Å²) < 4.78 is 7.47. The van der Waals surface area contributed by atoms with Crippen LogP contribution in [0, 0.1) is 20.8 Å². The molecule has 2 aromatic heterocycles. The number of aliphatic imine (C=N–C) groups is 1. The second-order valence-corrected chi connectivity index (χ2v) is 5.21. The molecule has 3 rings (SSSR count). The molecule has 0 bridgehead atoms. The highest BCUT2D eigenvalue weighted by Gasteiger charge is 2.09. The molecule has 3 heteroatoms. The molecule has 2 heterocycles. The minimum absolute atomic E-state index is 0.621. The van der Waals surface area contributed by atoms with E-state index in [-0.39, 0.29) is 0 Å². The minimum atomic E-state index is 0.621. The van der Waals surface area contributed by atoms with Gasteiger partial charge in [0.05, 0.1) is 6.26 Å². The minimum Gasteiger partial charge on any atom is -0.447 e. The van der Waals surface area contributed by atoms with Crippen molar-refractivity contribution >= 4 is 12.1 Å². The number of hydrogen-bond donors (Lipinski definition) is 0. The Kier molecular flexibility index (Phi) is 3.48. The van der Waals surface area contributed by atoms with E-state index in [1.807, 2.05) is 18.3 Å². The SMILES string of the molecule is Cc1cccc(-n2c(C)cc(C=Nc3ccco3)c2C)c1. The number of aromatic nitrogens is 1. The lowest BCUT2D eigenvalue weighted by atomic mass is 10.2. The van der Waals surface area contributed by atoms with Gasteiger partial charge in [0, 0.05) is 34.9 Å². The van der Waals surface area contributed by atoms with Crippen molar-refractivity contribution in [2.45, 2.75) is 20.8 Å². The van der Waals surface area contributed by atoms with Crippen LogP contribution in [-0.2, 0) is 0 Å². The van der Waals surface area contributed by atoms with Gasteiger partial charge in [0.15, 0.2) is 0 Å². The Labute approximate surface area is 124 Å². The molecular weight excluding hydrogens is 260 g/mol. The van der Waals surface area contributed by atoms with Crippen molar-refractivity contribution in [2.24, 2.45) is 4.99 Å². The number of nitrogens with zero attached hydrogens (tertiary/aromatic N) is 2. The monoisotopic (exact) mass is 278 g/mol. The van der Waals surface area contributed by atoms with Crippen LogP contribution in [0.4, 0.5) is 5.88 Å². The molecule has 0 fully saturated rings. The summed E-state index contributed by atoms with van der Waals surface area (Å²) in [4.78, 5) is 4.36. The van der Waals surface area contributed by atoms with Gasteiger partial charge < -0.3 is 8.98 Å². The Hall–Kier alpha value is -2.55. The average Bonchev–Trinajstić information content (AvgIpc) is 3.05. The van der Waals surface area contributed by atoms with Gasteiger partial charge in [-0.2, -0.15) is 0 Å². The van der Waals surface area contributed by atoms with Gasteiger partial charge in [-0.25, -0.2) is 4.99 Å². The van der Waals surface area contributed by atoms with E-state index in [2.05, 4.69) is 60.7 Å². The van der Waals surface area contributed by atoms with Crippen LogP contribution >= 0.6 is 0 Å². The fourth-order valence-electron chi connectivity index (χ4n) is 2.56. The molecule has 0 spiro atoms. The summed E-state index contributed by atoms with van der Waals surface area (Å²) in [5, 5.41) is 0. The maximum Gasteiger partial charge on any atom is 0.218 e. The van der Waals surface area contributed by atoms with E-state index in [1.165, 1.54) is 22.6 Å². The highest BCUT2D eigenvalue weighted by atomic mass is 16.3. The van der Waals surface area contributed by atoms with Gasteiger partial charge in [-0.15, -0.1) is 0 Å². The lowest BCUT2D eigenvalue weighted by molar-refractivity contribution is 0.578. The van der Waals surface area contributed by atoms with Crippen LogP contribution in [0.1, 0.15) is 22.5 Å². The summed E-state index contributed by atoms with van der Waals surface area (Å²) in [5.74, 6) is 0.621. The summed E-state index contributed by atoms with van der Waals surface area (Å²) in [7, 11) is 0. The topological polar surface area (TPSA) is 30.4 Å². The molecule has 106 valence electrons. The molecule has 0 saturated carbocycles. The summed E-state index contributed by atoms with van der Waals surface area (Å²) >= 11 is 0. The van der Waals surface area contributed by atoms with E-state index >= 15 is 0 Å². The maximum absolute atomic E-state index is 5.23. The van der Waals surface area contributed by atoms with Crippen molar-refractivity contribution in [1.82, 2.24) is 4.57 Å². The Balaban J connectivity index is 2.00. The van der Waals surface area contributed by atoms with Crippen LogP contribution in [0.2, 0.25) is 0 Å². The van der Waals surface area contributed by atoms with E-state index in [0.717, 1.165) is 5.56 Å². The second kappa shape index (κ2) is 5.44. The first-order chi connectivity index (χ1) is 10.1. The zero-order valence-corrected chi connectivity index (χ0v) is 12.5. The number of rotatable bonds is 3. The average molecular weight is 278 g/mol. The molecule has 3 nitrogen and oxygen atoms in total. The van der Waals surface area contributed by atoms with Crippen LogP contribution in [0.15, 0.2) is 58.1 Å². The summed E-state index contributed by atoms with van der Waals surface area (Å²) in [5.41, 5.74) is 5.91. The van der Waals surface area contributed by atoms with Crippen LogP contribution in [-0.4, -0.2) is 10.8 Å². The molecule has 0 saturated heterocycles. The van der Waals surface area contributed by atoms with Crippen LogP contribution < -0.4 is 0 Å². The predicted molar refractivity (Wildman–Crippen MR) is 85.9 cm³/mol. The third kappa shape index (κ3) is 2.68. The van der Waals surface area contributed by atoms with E-state index in [0.29, 0.717) is 5.88 Å². The second-order valence-electron chi connectivity index (χ2n) is 5.21. The van der Waals surface area contributed by atoms with Gasteiger partial charge in [-0.1, -0.05) is 12.1 Å². The van der Waals surface area contributed by atoms with E-state index < -0.39 is 0 Å². The van der Waals surface area contributed by atoms with E-state index in [1.54, 1.807) is 6.26 Å². The Morgan fingerprint density at radius 2 is 1.90 bits per heavy atom. The summed E-state index contributed by atoms with van der Waals surface area (Å²) in [6, 6.07) is 14.3. The zero-order chi connectivity index (χ0) is 14.8. The van der Waals surface area contributed by atoms with Gasteiger partial charge in [-0.05, 0) is 50.6 Å². The number of benzene rings is 1. The number of aryl methyl sites for hydroxylation is 2. The molecule has 3 aromatic rings. The molecule has 0 aliphatic heterocycles. The van der Waals surface area contributed by atoms with Gasteiger partial charge in [0.2, 0.25) is 5.88 Å². The van der Waals surface area contributed by atoms with Crippen LogP contribution in [0.25, 0.3) is 5.69 Å². The molecular formula is C18H18N2O. The third-order valence-electron chi connectivity index (χ3n) is 3.57. The van der Waals surface area contributed by atoms with Crippen molar-refractivity contribution < 1.29 is 4.42 Å². The first kappa shape index (κ1) is 13.4. The smallest absolute Gasteiger partial charge is 0.218 e. The first-order valence-electron chi connectivity index (χ1n) is 6.99. The normalized spacial score (nSPS) is 11.4. The van der Waals surface area contributed by atoms with E-state index in [4.69, 9.17) is 4.42 Å². The molecule has 0 aliphatic rings. The van der Waals surface area contributed by atoms with Gasteiger partial charge in [0.1, 0.15) is 0 Å². The lowest BCUT2D eigenvalue weighted by Gasteiger charge is -2.10.